The van der Waals surface area contributed by atoms with E-state index < -0.39 is 0 Å². The van der Waals surface area contributed by atoms with Crippen molar-refractivity contribution < 1.29 is 4.74 Å². The van der Waals surface area contributed by atoms with E-state index in [0.29, 0.717) is 34.4 Å². The molecule has 0 spiro atoms. The van der Waals surface area contributed by atoms with Crippen molar-refractivity contribution in [3.63, 3.8) is 0 Å². The van der Waals surface area contributed by atoms with Gasteiger partial charge in [0.25, 0.3) is 0 Å². The molecule has 2 nitrogen and oxygen atoms in total. The van der Waals surface area contributed by atoms with Crippen LogP contribution in [0.3, 0.4) is 0 Å². The summed E-state index contributed by atoms with van der Waals surface area (Å²) in [6.45, 7) is 7.89. The Balaban J connectivity index is 2.44. The maximum absolute atomic E-state index is 6.02. The number of para-hydroxylation sites is 1. The summed E-state index contributed by atoms with van der Waals surface area (Å²) in [5.41, 5.74) is 0. The highest BCUT2D eigenvalue weighted by Gasteiger charge is 2.09. The molecule has 0 fully saturated rings. The molecule has 0 aliphatic heterocycles. The SMILES string of the molecule is CC(CNC(C)C)COc1c(Cl)cccc1Cl. The van der Waals surface area contributed by atoms with Crippen LogP contribution in [0.2, 0.25) is 10.0 Å². The van der Waals surface area contributed by atoms with Crippen LogP contribution in [0.5, 0.6) is 5.75 Å². The van der Waals surface area contributed by atoms with Crippen molar-refractivity contribution in [2.24, 2.45) is 5.92 Å². The van der Waals surface area contributed by atoms with Crippen LogP contribution in [0.25, 0.3) is 0 Å². The molecule has 1 aromatic rings. The second kappa shape index (κ2) is 7.10. The molecule has 0 saturated carbocycles. The summed E-state index contributed by atoms with van der Waals surface area (Å²) in [5.74, 6) is 0.983. The summed E-state index contributed by atoms with van der Waals surface area (Å²) in [6, 6.07) is 5.85. The zero-order valence-corrected chi connectivity index (χ0v) is 12.0. The number of hydrogen-bond acceptors (Lipinski definition) is 2. The maximum atomic E-state index is 6.02. The molecule has 1 N–H and O–H groups in total. The molecular weight excluding hydrogens is 257 g/mol. The lowest BCUT2D eigenvalue weighted by Gasteiger charge is -2.16. The quantitative estimate of drug-likeness (QED) is 0.847. The van der Waals surface area contributed by atoms with E-state index in [9.17, 15) is 0 Å². The van der Waals surface area contributed by atoms with Gasteiger partial charge >= 0.3 is 0 Å². The number of halogens is 2. The van der Waals surface area contributed by atoms with Crippen molar-refractivity contribution in [3.8, 4) is 5.75 Å². The number of benzene rings is 1. The van der Waals surface area contributed by atoms with Gasteiger partial charge in [0, 0.05) is 18.5 Å². The first kappa shape index (κ1) is 14.6. The fourth-order valence-corrected chi connectivity index (χ4v) is 1.85. The second-order valence-corrected chi connectivity index (χ2v) is 5.34. The minimum Gasteiger partial charge on any atom is -0.490 e. The molecule has 1 atom stereocenters. The molecule has 1 unspecified atom stereocenters. The van der Waals surface area contributed by atoms with Crippen LogP contribution in [0.4, 0.5) is 0 Å². The van der Waals surface area contributed by atoms with E-state index in [1.54, 1.807) is 18.2 Å². The smallest absolute Gasteiger partial charge is 0.156 e. The Morgan fingerprint density at radius 3 is 2.29 bits per heavy atom. The zero-order valence-electron chi connectivity index (χ0n) is 10.5. The van der Waals surface area contributed by atoms with E-state index >= 15 is 0 Å². The van der Waals surface area contributed by atoms with Crippen LogP contribution in [0, 0.1) is 5.92 Å². The normalized spacial score (nSPS) is 12.8. The highest BCUT2D eigenvalue weighted by molar-refractivity contribution is 6.37. The average molecular weight is 276 g/mol. The topological polar surface area (TPSA) is 21.3 Å². The van der Waals surface area contributed by atoms with Crippen LogP contribution in [0.15, 0.2) is 18.2 Å². The van der Waals surface area contributed by atoms with Crippen molar-refractivity contribution >= 4 is 23.2 Å². The van der Waals surface area contributed by atoms with Gasteiger partial charge in [0.15, 0.2) is 5.75 Å². The summed E-state index contributed by atoms with van der Waals surface area (Å²) in [5, 5.41) is 4.48. The highest BCUT2D eigenvalue weighted by Crippen LogP contribution is 2.32. The van der Waals surface area contributed by atoms with Gasteiger partial charge in [0.2, 0.25) is 0 Å². The summed E-state index contributed by atoms with van der Waals surface area (Å²) >= 11 is 12.0. The fourth-order valence-electron chi connectivity index (χ4n) is 1.34. The Bertz CT molecular complexity index is 335. The second-order valence-electron chi connectivity index (χ2n) is 4.53. The monoisotopic (exact) mass is 275 g/mol. The molecule has 0 aromatic heterocycles. The first-order valence-electron chi connectivity index (χ1n) is 5.81. The van der Waals surface area contributed by atoms with Crippen LogP contribution in [-0.4, -0.2) is 19.2 Å². The van der Waals surface area contributed by atoms with Crippen molar-refractivity contribution in [1.29, 1.82) is 0 Å². The number of ether oxygens (including phenoxy) is 1. The third-order valence-corrected chi connectivity index (χ3v) is 2.90. The molecule has 4 heteroatoms. The van der Waals surface area contributed by atoms with Gasteiger partial charge in [-0.25, -0.2) is 0 Å². The van der Waals surface area contributed by atoms with Gasteiger partial charge in [-0.1, -0.05) is 50.0 Å². The van der Waals surface area contributed by atoms with Gasteiger partial charge in [-0.3, -0.25) is 0 Å². The van der Waals surface area contributed by atoms with Crippen LogP contribution < -0.4 is 10.1 Å². The molecule has 0 bridgehead atoms. The predicted octanol–water partition coefficient (Wildman–Crippen LogP) is 4.01. The third kappa shape index (κ3) is 5.15. The van der Waals surface area contributed by atoms with Crippen molar-refractivity contribution in [3.05, 3.63) is 28.2 Å². The largest absolute Gasteiger partial charge is 0.490 e. The van der Waals surface area contributed by atoms with Gasteiger partial charge in [0.1, 0.15) is 0 Å². The Hall–Kier alpha value is -0.440. The Morgan fingerprint density at radius 1 is 1.18 bits per heavy atom. The maximum Gasteiger partial charge on any atom is 0.156 e. The standard InChI is InChI=1S/C13H19Cl2NO/c1-9(2)16-7-10(3)8-17-13-11(14)5-4-6-12(13)15/h4-6,9-10,16H,7-8H2,1-3H3. The average Bonchev–Trinajstić information content (AvgIpc) is 2.25. The Kier molecular flexibility index (Phi) is 6.10. The molecule has 0 aliphatic rings. The minimum atomic E-state index is 0.407. The third-order valence-electron chi connectivity index (χ3n) is 2.31. The molecule has 17 heavy (non-hydrogen) atoms. The van der Waals surface area contributed by atoms with Crippen molar-refractivity contribution in [2.45, 2.75) is 26.8 Å². The van der Waals surface area contributed by atoms with Crippen molar-refractivity contribution in [2.75, 3.05) is 13.2 Å². The van der Waals surface area contributed by atoms with Gasteiger partial charge in [0.05, 0.1) is 16.7 Å². The van der Waals surface area contributed by atoms with E-state index in [-0.39, 0.29) is 0 Å². The molecule has 0 heterocycles. The lowest BCUT2D eigenvalue weighted by molar-refractivity contribution is 0.253. The van der Waals surface area contributed by atoms with E-state index in [0.717, 1.165) is 6.54 Å². The molecule has 1 rings (SSSR count). The Morgan fingerprint density at radius 2 is 1.76 bits per heavy atom. The molecule has 0 aliphatic carbocycles. The fraction of sp³-hybridized carbons (Fsp3) is 0.538. The molecule has 96 valence electrons. The van der Waals surface area contributed by atoms with E-state index in [4.69, 9.17) is 27.9 Å². The zero-order chi connectivity index (χ0) is 12.8. The number of hydrogen-bond donors (Lipinski definition) is 1. The van der Waals surface area contributed by atoms with Gasteiger partial charge in [-0.2, -0.15) is 0 Å². The van der Waals surface area contributed by atoms with E-state index in [1.807, 2.05) is 0 Å². The van der Waals surface area contributed by atoms with Gasteiger partial charge < -0.3 is 10.1 Å². The van der Waals surface area contributed by atoms with Crippen molar-refractivity contribution in [1.82, 2.24) is 5.32 Å². The van der Waals surface area contributed by atoms with Gasteiger partial charge in [-0.15, -0.1) is 0 Å². The molecular formula is C13H19Cl2NO. The lowest BCUT2D eigenvalue weighted by Crippen LogP contribution is -2.30. The number of rotatable bonds is 6. The first-order chi connectivity index (χ1) is 8.00. The predicted molar refractivity (Wildman–Crippen MR) is 74.3 cm³/mol. The summed E-state index contributed by atoms with van der Waals surface area (Å²) in [7, 11) is 0. The summed E-state index contributed by atoms with van der Waals surface area (Å²) < 4.78 is 5.66. The Labute approximate surface area is 113 Å². The van der Waals surface area contributed by atoms with E-state index in [2.05, 4.69) is 26.1 Å². The first-order valence-corrected chi connectivity index (χ1v) is 6.56. The van der Waals surface area contributed by atoms with Crippen LogP contribution >= 0.6 is 23.2 Å². The summed E-state index contributed by atoms with van der Waals surface area (Å²) in [4.78, 5) is 0. The molecule has 0 amide bonds. The molecule has 1 aromatic carbocycles. The lowest BCUT2D eigenvalue weighted by atomic mass is 10.2. The number of nitrogens with one attached hydrogen (secondary N) is 1. The van der Waals surface area contributed by atoms with E-state index in [1.165, 1.54) is 0 Å². The highest BCUT2D eigenvalue weighted by atomic mass is 35.5. The molecule has 0 saturated heterocycles. The minimum absolute atomic E-state index is 0.407. The summed E-state index contributed by atoms with van der Waals surface area (Å²) in [6.07, 6.45) is 0. The van der Waals surface area contributed by atoms with Crippen LogP contribution in [0.1, 0.15) is 20.8 Å². The molecule has 0 radical (unpaired) electrons. The van der Waals surface area contributed by atoms with Gasteiger partial charge in [-0.05, 0) is 12.1 Å². The van der Waals surface area contributed by atoms with Crippen LogP contribution in [-0.2, 0) is 0 Å².